The van der Waals surface area contributed by atoms with Crippen molar-refractivity contribution in [1.82, 2.24) is 29.7 Å². The summed E-state index contributed by atoms with van der Waals surface area (Å²) in [7, 11) is 2.09. The van der Waals surface area contributed by atoms with Crippen LogP contribution in [0.4, 0.5) is 0 Å². The Kier molecular flexibility index (Phi) is 8.41. The third kappa shape index (κ3) is 5.68. The standard InChI is InChI=1S/C26H30N6O6S/c1-16-11-28-25(29-12-16)24(38-6)17(2)39(33,34)15-22-30-31-26(18-10-19(35-3)14-27-13-18)32(22)23-20(36-4)8-7-9-21(23)37-5/h7-14,17,24H,15H2,1-6H3/t17-,24-/m0/s1. The summed E-state index contributed by atoms with van der Waals surface area (Å²) in [6.07, 6.45) is 5.48. The highest BCUT2D eigenvalue weighted by molar-refractivity contribution is 7.91. The summed E-state index contributed by atoms with van der Waals surface area (Å²) < 4.78 is 51.2. The minimum atomic E-state index is -3.88. The lowest BCUT2D eigenvalue weighted by atomic mass is 10.2. The van der Waals surface area contributed by atoms with Crippen LogP contribution < -0.4 is 14.2 Å². The fourth-order valence-corrected chi connectivity index (χ4v) is 5.51. The number of ether oxygens (including phenoxy) is 4. The number of hydrogen-bond acceptors (Lipinski definition) is 11. The van der Waals surface area contributed by atoms with E-state index in [1.807, 2.05) is 6.92 Å². The summed E-state index contributed by atoms with van der Waals surface area (Å²) in [6, 6.07) is 6.97. The van der Waals surface area contributed by atoms with E-state index in [9.17, 15) is 8.42 Å². The molecule has 206 valence electrons. The first-order chi connectivity index (χ1) is 18.7. The molecule has 4 aromatic rings. The molecule has 0 aliphatic carbocycles. The molecule has 0 aliphatic rings. The highest BCUT2D eigenvalue weighted by Crippen LogP contribution is 2.37. The van der Waals surface area contributed by atoms with Gasteiger partial charge in [-0.15, -0.1) is 10.2 Å². The first kappa shape index (κ1) is 27.9. The van der Waals surface area contributed by atoms with E-state index in [1.165, 1.54) is 28.4 Å². The van der Waals surface area contributed by atoms with Crippen LogP contribution in [0.5, 0.6) is 17.2 Å². The Morgan fingerprint density at radius 2 is 1.59 bits per heavy atom. The number of aromatic nitrogens is 6. The lowest BCUT2D eigenvalue weighted by molar-refractivity contribution is 0.0947. The van der Waals surface area contributed by atoms with Crippen LogP contribution >= 0.6 is 0 Å². The Bertz CT molecular complexity index is 1520. The Balaban J connectivity index is 1.85. The van der Waals surface area contributed by atoms with Gasteiger partial charge in [0, 0.05) is 31.3 Å². The minimum absolute atomic E-state index is 0.141. The summed E-state index contributed by atoms with van der Waals surface area (Å²) >= 11 is 0. The zero-order chi connectivity index (χ0) is 28.2. The van der Waals surface area contributed by atoms with Gasteiger partial charge >= 0.3 is 0 Å². The van der Waals surface area contributed by atoms with E-state index >= 15 is 0 Å². The van der Waals surface area contributed by atoms with Crippen LogP contribution in [0.3, 0.4) is 0 Å². The summed E-state index contributed by atoms with van der Waals surface area (Å²) in [5.41, 5.74) is 1.84. The van der Waals surface area contributed by atoms with E-state index < -0.39 is 26.9 Å². The number of pyridine rings is 1. The molecule has 0 bridgehead atoms. The lowest BCUT2D eigenvalue weighted by Crippen LogP contribution is -2.30. The Morgan fingerprint density at radius 3 is 2.18 bits per heavy atom. The Labute approximate surface area is 226 Å². The molecule has 4 rings (SSSR count). The van der Waals surface area contributed by atoms with Crippen LogP contribution in [-0.4, -0.2) is 71.8 Å². The van der Waals surface area contributed by atoms with Crippen molar-refractivity contribution >= 4 is 9.84 Å². The highest BCUT2D eigenvalue weighted by Gasteiger charge is 2.35. The Morgan fingerprint density at radius 1 is 0.923 bits per heavy atom. The van der Waals surface area contributed by atoms with Gasteiger partial charge in [-0.25, -0.2) is 18.4 Å². The van der Waals surface area contributed by atoms with Crippen LogP contribution in [0, 0.1) is 6.92 Å². The summed E-state index contributed by atoms with van der Waals surface area (Å²) in [5, 5.41) is 7.64. The van der Waals surface area contributed by atoms with Crippen LogP contribution in [0.2, 0.25) is 0 Å². The SMILES string of the molecule is COc1cncc(-c2nnc(CS(=O)(=O)[C@@H](C)[C@H](OC)c3ncc(C)cn3)n2-c2c(OC)cccc2OC)c1. The van der Waals surface area contributed by atoms with Gasteiger partial charge in [0.1, 0.15) is 34.8 Å². The zero-order valence-corrected chi connectivity index (χ0v) is 23.3. The fraction of sp³-hybridized carbons (Fsp3) is 0.346. The molecular weight excluding hydrogens is 524 g/mol. The number of nitrogens with zero attached hydrogens (tertiary/aromatic N) is 6. The monoisotopic (exact) mass is 554 g/mol. The summed E-state index contributed by atoms with van der Waals surface area (Å²) in [4.78, 5) is 12.8. The van der Waals surface area contributed by atoms with Crippen molar-refractivity contribution in [2.75, 3.05) is 28.4 Å². The van der Waals surface area contributed by atoms with Crippen molar-refractivity contribution in [3.05, 3.63) is 66.3 Å². The maximum Gasteiger partial charge on any atom is 0.170 e. The molecule has 0 spiro atoms. The van der Waals surface area contributed by atoms with E-state index in [0.717, 1.165) is 5.56 Å². The molecule has 0 unspecified atom stereocenters. The molecule has 0 N–H and O–H groups in total. The molecule has 0 radical (unpaired) electrons. The fourth-order valence-electron chi connectivity index (χ4n) is 4.09. The molecule has 3 aromatic heterocycles. The van der Waals surface area contributed by atoms with Gasteiger partial charge in [0.2, 0.25) is 0 Å². The second-order valence-corrected chi connectivity index (χ2v) is 11.0. The number of methoxy groups -OCH3 is 4. The van der Waals surface area contributed by atoms with Crippen LogP contribution in [0.15, 0.2) is 49.1 Å². The van der Waals surface area contributed by atoms with Gasteiger partial charge in [0.05, 0.1) is 32.8 Å². The number of sulfone groups is 1. The second kappa shape index (κ2) is 11.7. The molecule has 0 aliphatic heterocycles. The highest BCUT2D eigenvalue weighted by atomic mass is 32.2. The van der Waals surface area contributed by atoms with Crippen molar-refractivity contribution in [3.8, 4) is 34.3 Å². The predicted molar refractivity (Wildman–Crippen MR) is 143 cm³/mol. The first-order valence-corrected chi connectivity index (χ1v) is 13.6. The minimum Gasteiger partial charge on any atom is -0.495 e. The molecule has 12 nitrogen and oxygen atoms in total. The van der Waals surface area contributed by atoms with E-state index in [0.29, 0.717) is 34.3 Å². The molecule has 0 amide bonds. The first-order valence-electron chi connectivity index (χ1n) is 11.9. The number of aryl methyl sites for hydroxylation is 1. The van der Waals surface area contributed by atoms with Gasteiger partial charge in [-0.3, -0.25) is 9.55 Å². The van der Waals surface area contributed by atoms with Gasteiger partial charge in [-0.2, -0.15) is 0 Å². The largest absolute Gasteiger partial charge is 0.495 e. The molecule has 2 atom stereocenters. The van der Waals surface area contributed by atoms with Crippen molar-refractivity contribution in [2.24, 2.45) is 0 Å². The van der Waals surface area contributed by atoms with Crippen LogP contribution in [0.25, 0.3) is 17.1 Å². The average Bonchev–Trinajstić information content (AvgIpc) is 3.35. The number of benzene rings is 1. The van der Waals surface area contributed by atoms with Gasteiger partial charge in [-0.1, -0.05) is 6.07 Å². The molecular formula is C26H30N6O6S. The molecule has 0 saturated carbocycles. The van der Waals surface area contributed by atoms with E-state index in [2.05, 4.69) is 25.1 Å². The average molecular weight is 555 g/mol. The second-order valence-electron chi connectivity index (χ2n) is 8.69. The number of para-hydroxylation sites is 1. The van der Waals surface area contributed by atoms with Crippen LogP contribution in [0.1, 0.15) is 30.2 Å². The van der Waals surface area contributed by atoms with Gasteiger partial charge < -0.3 is 18.9 Å². The smallest absolute Gasteiger partial charge is 0.170 e. The Hall–Kier alpha value is -4.10. The zero-order valence-electron chi connectivity index (χ0n) is 22.5. The molecule has 13 heteroatoms. The third-order valence-corrected chi connectivity index (χ3v) is 8.24. The van der Waals surface area contributed by atoms with Gasteiger partial charge in [-0.05, 0) is 37.6 Å². The van der Waals surface area contributed by atoms with Crippen molar-refractivity contribution in [1.29, 1.82) is 0 Å². The number of rotatable bonds is 11. The predicted octanol–water partition coefficient (Wildman–Crippen LogP) is 3.14. The summed E-state index contributed by atoms with van der Waals surface area (Å²) in [6.45, 7) is 3.41. The van der Waals surface area contributed by atoms with E-state index in [-0.39, 0.29) is 11.6 Å². The van der Waals surface area contributed by atoms with E-state index in [4.69, 9.17) is 18.9 Å². The topological polar surface area (TPSA) is 140 Å². The molecule has 0 fully saturated rings. The summed E-state index contributed by atoms with van der Waals surface area (Å²) in [5.74, 6) is 1.63. The van der Waals surface area contributed by atoms with Gasteiger partial charge in [0.25, 0.3) is 0 Å². The number of hydrogen-bond donors (Lipinski definition) is 0. The molecule has 1 aromatic carbocycles. The quantitative estimate of drug-likeness (QED) is 0.270. The maximum atomic E-state index is 13.8. The lowest BCUT2D eigenvalue weighted by Gasteiger charge is -2.22. The van der Waals surface area contributed by atoms with Gasteiger partial charge in [0.15, 0.2) is 27.3 Å². The van der Waals surface area contributed by atoms with Crippen molar-refractivity contribution < 1.29 is 27.4 Å². The molecule has 0 saturated heterocycles. The van der Waals surface area contributed by atoms with Crippen molar-refractivity contribution in [2.45, 2.75) is 31.0 Å². The third-order valence-electron chi connectivity index (χ3n) is 6.19. The van der Waals surface area contributed by atoms with Crippen molar-refractivity contribution in [3.63, 3.8) is 0 Å². The normalized spacial score (nSPS) is 13.1. The van der Waals surface area contributed by atoms with Crippen LogP contribution in [-0.2, 0) is 20.3 Å². The molecule has 39 heavy (non-hydrogen) atoms. The van der Waals surface area contributed by atoms with E-state index in [1.54, 1.807) is 60.5 Å². The molecule has 3 heterocycles. The maximum absolute atomic E-state index is 13.8.